The Morgan fingerprint density at radius 2 is 2.00 bits per heavy atom. The van der Waals surface area contributed by atoms with Crippen molar-refractivity contribution in [2.75, 3.05) is 11.6 Å². The summed E-state index contributed by atoms with van der Waals surface area (Å²) >= 11 is 9.54. The van der Waals surface area contributed by atoms with Crippen LogP contribution in [0, 0.1) is 0 Å². The highest BCUT2D eigenvalue weighted by atomic mass is 35.5. The first kappa shape index (κ1) is 15.3. The fourth-order valence-electron chi connectivity index (χ4n) is 1.99. The molecule has 1 aromatic carbocycles. The zero-order valence-corrected chi connectivity index (χ0v) is 14.3. The zero-order valence-electron chi connectivity index (χ0n) is 11.9. The van der Waals surface area contributed by atoms with E-state index < -0.39 is 0 Å². The first-order chi connectivity index (χ1) is 10.7. The van der Waals surface area contributed by atoms with Crippen molar-refractivity contribution in [3.63, 3.8) is 0 Å². The van der Waals surface area contributed by atoms with Crippen molar-refractivity contribution >= 4 is 40.6 Å². The second-order valence-corrected chi connectivity index (χ2v) is 6.86. The molecule has 6 heteroatoms. The molecule has 0 aliphatic carbocycles. The highest BCUT2D eigenvalue weighted by Crippen LogP contribution is 2.24. The summed E-state index contributed by atoms with van der Waals surface area (Å²) in [4.78, 5) is 11.2. The van der Waals surface area contributed by atoms with Crippen LogP contribution in [-0.4, -0.2) is 16.2 Å². The standard InChI is InChI=1S/C16H14ClN3S2/c1-21-12-6-4-11(5-7-12)14-9-15(17)20-16(19-14)18-10-13-3-2-8-22-13/h2-9H,10H2,1H3,(H,18,19,20). The molecule has 0 spiro atoms. The van der Waals surface area contributed by atoms with Crippen LogP contribution < -0.4 is 5.32 Å². The van der Waals surface area contributed by atoms with Gasteiger partial charge in [0, 0.05) is 21.4 Å². The molecule has 2 heterocycles. The summed E-state index contributed by atoms with van der Waals surface area (Å²) in [6.45, 7) is 0.697. The summed E-state index contributed by atoms with van der Waals surface area (Å²) in [6, 6.07) is 14.1. The number of halogens is 1. The van der Waals surface area contributed by atoms with Crippen molar-refractivity contribution in [3.8, 4) is 11.3 Å². The molecule has 0 saturated heterocycles. The van der Waals surface area contributed by atoms with Crippen LogP contribution in [-0.2, 0) is 6.54 Å². The Morgan fingerprint density at radius 3 is 2.68 bits per heavy atom. The Balaban J connectivity index is 1.82. The van der Waals surface area contributed by atoms with E-state index in [1.54, 1.807) is 29.2 Å². The average Bonchev–Trinajstić information content (AvgIpc) is 3.06. The second kappa shape index (κ2) is 7.13. The third kappa shape index (κ3) is 3.80. The third-order valence-electron chi connectivity index (χ3n) is 3.08. The van der Waals surface area contributed by atoms with Crippen molar-refractivity contribution in [1.29, 1.82) is 0 Å². The minimum Gasteiger partial charge on any atom is -0.349 e. The number of thiophene rings is 1. The number of benzene rings is 1. The topological polar surface area (TPSA) is 37.8 Å². The maximum Gasteiger partial charge on any atom is 0.224 e. The van der Waals surface area contributed by atoms with Gasteiger partial charge in [0.15, 0.2) is 0 Å². The predicted molar refractivity (Wildman–Crippen MR) is 95.9 cm³/mol. The van der Waals surface area contributed by atoms with Gasteiger partial charge in [-0.2, -0.15) is 0 Å². The largest absolute Gasteiger partial charge is 0.349 e. The van der Waals surface area contributed by atoms with E-state index >= 15 is 0 Å². The van der Waals surface area contributed by atoms with Crippen LogP contribution in [0.5, 0.6) is 0 Å². The zero-order chi connectivity index (χ0) is 15.4. The summed E-state index contributed by atoms with van der Waals surface area (Å²) < 4.78 is 0. The fraction of sp³-hybridized carbons (Fsp3) is 0.125. The van der Waals surface area contributed by atoms with Crippen LogP contribution in [0.1, 0.15) is 4.88 Å². The smallest absolute Gasteiger partial charge is 0.224 e. The number of aromatic nitrogens is 2. The van der Waals surface area contributed by atoms with E-state index in [1.807, 2.05) is 18.2 Å². The lowest BCUT2D eigenvalue weighted by Crippen LogP contribution is -2.03. The van der Waals surface area contributed by atoms with Crippen LogP contribution in [0.4, 0.5) is 5.95 Å². The van der Waals surface area contributed by atoms with Crippen molar-refractivity contribution in [2.45, 2.75) is 11.4 Å². The predicted octanol–water partition coefficient (Wildman–Crippen LogP) is 5.19. The number of rotatable bonds is 5. The molecule has 0 saturated carbocycles. The lowest BCUT2D eigenvalue weighted by Gasteiger charge is -2.07. The van der Waals surface area contributed by atoms with E-state index in [0.717, 1.165) is 11.3 Å². The van der Waals surface area contributed by atoms with Gasteiger partial charge in [-0.15, -0.1) is 23.1 Å². The van der Waals surface area contributed by atoms with E-state index in [-0.39, 0.29) is 0 Å². The lowest BCUT2D eigenvalue weighted by atomic mass is 10.1. The first-order valence-corrected chi connectivity index (χ1v) is 9.18. The van der Waals surface area contributed by atoms with Crippen molar-refractivity contribution in [3.05, 3.63) is 57.9 Å². The molecule has 0 amide bonds. The van der Waals surface area contributed by atoms with E-state index in [9.17, 15) is 0 Å². The highest BCUT2D eigenvalue weighted by Gasteiger charge is 2.06. The van der Waals surface area contributed by atoms with E-state index in [4.69, 9.17) is 11.6 Å². The van der Waals surface area contributed by atoms with E-state index in [0.29, 0.717) is 17.6 Å². The van der Waals surface area contributed by atoms with Crippen LogP contribution in [0.2, 0.25) is 5.15 Å². The van der Waals surface area contributed by atoms with Crippen LogP contribution in [0.3, 0.4) is 0 Å². The summed E-state index contributed by atoms with van der Waals surface area (Å²) in [5, 5.41) is 5.71. The van der Waals surface area contributed by atoms with Gasteiger partial charge in [-0.1, -0.05) is 29.8 Å². The Bertz CT molecular complexity index is 743. The molecule has 0 fully saturated rings. The Labute approximate surface area is 142 Å². The van der Waals surface area contributed by atoms with Crippen molar-refractivity contribution < 1.29 is 0 Å². The maximum atomic E-state index is 6.13. The number of nitrogens with zero attached hydrogens (tertiary/aromatic N) is 2. The monoisotopic (exact) mass is 347 g/mol. The molecule has 112 valence electrons. The van der Waals surface area contributed by atoms with E-state index in [1.165, 1.54) is 9.77 Å². The molecule has 0 bridgehead atoms. The molecule has 1 N–H and O–H groups in total. The summed E-state index contributed by atoms with van der Waals surface area (Å²) in [7, 11) is 0. The third-order valence-corrected chi connectivity index (χ3v) is 4.90. The molecule has 3 nitrogen and oxygen atoms in total. The maximum absolute atomic E-state index is 6.13. The van der Waals surface area contributed by atoms with Gasteiger partial charge in [0.1, 0.15) is 5.15 Å². The SMILES string of the molecule is CSc1ccc(-c2cc(Cl)nc(NCc3cccs3)n2)cc1. The first-order valence-electron chi connectivity index (χ1n) is 6.70. The van der Waals surface area contributed by atoms with Crippen LogP contribution >= 0.6 is 34.7 Å². The molecule has 0 aliphatic rings. The molecule has 0 radical (unpaired) electrons. The molecule has 0 atom stereocenters. The molecule has 22 heavy (non-hydrogen) atoms. The fourth-order valence-corrected chi connectivity index (χ4v) is 3.22. The van der Waals surface area contributed by atoms with Crippen molar-refractivity contribution in [2.24, 2.45) is 0 Å². The molecule has 3 rings (SSSR count). The normalized spacial score (nSPS) is 10.6. The molecule has 0 aliphatic heterocycles. The Kier molecular flexibility index (Phi) is 4.97. The quantitative estimate of drug-likeness (QED) is 0.509. The number of anilines is 1. The number of hydrogen-bond donors (Lipinski definition) is 1. The average molecular weight is 348 g/mol. The van der Waals surface area contributed by atoms with Gasteiger partial charge in [0.2, 0.25) is 5.95 Å². The van der Waals surface area contributed by atoms with Gasteiger partial charge >= 0.3 is 0 Å². The minimum absolute atomic E-state index is 0.438. The molecular formula is C16H14ClN3S2. The van der Waals surface area contributed by atoms with Gasteiger partial charge in [0.05, 0.1) is 12.2 Å². The van der Waals surface area contributed by atoms with Gasteiger partial charge in [-0.3, -0.25) is 0 Å². The number of thioether (sulfide) groups is 1. The van der Waals surface area contributed by atoms with Crippen LogP contribution in [0.15, 0.2) is 52.7 Å². The van der Waals surface area contributed by atoms with Gasteiger partial charge in [-0.05, 0) is 29.8 Å². The van der Waals surface area contributed by atoms with Crippen LogP contribution in [0.25, 0.3) is 11.3 Å². The Morgan fingerprint density at radius 1 is 1.18 bits per heavy atom. The van der Waals surface area contributed by atoms with Gasteiger partial charge < -0.3 is 5.32 Å². The number of nitrogens with one attached hydrogen (secondary N) is 1. The van der Waals surface area contributed by atoms with Gasteiger partial charge in [-0.25, -0.2) is 9.97 Å². The highest BCUT2D eigenvalue weighted by molar-refractivity contribution is 7.98. The molecule has 2 aromatic heterocycles. The molecule has 3 aromatic rings. The molecule has 0 unspecified atom stereocenters. The summed E-state index contributed by atoms with van der Waals surface area (Å²) in [6.07, 6.45) is 2.06. The molecular weight excluding hydrogens is 334 g/mol. The number of hydrogen-bond acceptors (Lipinski definition) is 5. The van der Waals surface area contributed by atoms with Crippen molar-refractivity contribution in [1.82, 2.24) is 9.97 Å². The minimum atomic E-state index is 0.438. The van der Waals surface area contributed by atoms with Gasteiger partial charge in [0.25, 0.3) is 0 Å². The second-order valence-electron chi connectivity index (χ2n) is 4.56. The summed E-state index contributed by atoms with van der Waals surface area (Å²) in [5.74, 6) is 0.546. The Hall–Kier alpha value is -1.56. The lowest BCUT2D eigenvalue weighted by molar-refractivity contribution is 1.07. The summed E-state index contributed by atoms with van der Waals surface area (Å²) in [5.41, 5.74) is 1.85. The van der Waals surface area contributed by atoms with E-state index in [2.05, 4.69) is 45.1 Å².